The Labute approximate surface area is 154 Å². The minimum absolute atomic E-state index is 0.150. The normalized spacial score (nSPS) is 25.4. The average molecular weight is 361 g/mol. The van der Waals surface area contributed by atoms with Crippen molar-refractivity contribution in [3.63, 3.8) is 0 Å². The fourth-order valence-electron chi connectivity index (χ4n) is 4.17. The number of benzene rings is 1. The third kappa shape index (κ3) is 4.14. The van der Waals surface area contributed by atoms with Gasteiger partial charge in [0.05, 0.1) is 0 Å². The highest BCUT2D eigenvalue weighted by molar-refractivity contribution is 7.99. The van der Waals surface area contributed by atoms with Crippen molar-refractivity contribution < 1.29 is 9.53 Å². The molecule has 1 atom stereocenters. The predicted molar refractivity (Wildman–Crippen MR) is 103 cm³/mol. The highest BCUT2D eigenvalue weighted by Crippen LogP contribution is 2.27. The zero-order chi connectivity index (χ0) is 17.1. The number of rotatable bonds is 4. The molecule has 3 saturated heterocycles. The first-order valence-corrected chi connectivity index (χ1v) is 10.8. The largest absolute Gasteiger partial charge is 0.490 e. The third-order valence-corrected chi connectivity index (χ3v) is 6.82. The Morgan fingerprint density at radius 2 is 1.88 bits per heavy atom. The molecule has 4 rings (SSSR count). The molecule has 0 aliphatic carbocycles. The summed E-state index contributed by atoms with van der Waals surface area (Å²) in [6, 6.07) is 8.56. The van der Waals surface area contributed by atoms with E-state index in [1.807, 2.05) is 29.2 Å². The van der Waals surface area contributed by atoms with E-state index < -0.39 is 0 Å². The van der Waals surface area contributed by atoms with Crippen LogP contribution in [0.2, 0.25) is 0 Å². The van der Waals surface area contributed by atoms with Gasteiger partial charge in [0.25, 0.3) is 5.91 Å². The van der Waals surface area contributed by atoms with Gasteiger partial charge in [-0.3, -0.25) is 9.69 Å². The molecule has 1 amide bonds. The van der Waals surface area contributed by atoms with E-state index in [0.717, 1.165) is 69.2 Å². The Kier molecular flexibility index (Phi) is 5.51. The summed E-state index contributed by atoms with van der Waals surface area (Å²) in [6.45, 7) is 4.06. The molecule has 136 valence electrons. The molecule has 25 heavy (non-hydrogen) atoms. The van der Waals surface area contributed by atoms with E-state index in [4.69, 9.17) is 4.74 Å². The zero-order valence-corrected chi connectivity index (χ0v) is 15.7. The van der Waals surface area contributed by atoms with Gasteiger partial charge < -0.3 is 9.64 Å². The number of nitrogens with zero attached hydrogens (tertiary/aromatic N) is 2. The molecular weight excluding hydrogens is 332 g/mol. The maximum atomic E-state index is 12.5. The van der Waals surface area contributed by atoms with Crippen LogP contribution in [0.5, 0.6) is 5.75 Å². The molecule has 3 heterocycles. The van der Waals surface area contributed by atoms with Crippen LogP contribution in [0.3, 0.4) is 0 Å². The molecule has 1 aromatic carbocycles. The summed E-state index contributed by atoms with van der Waals surface area (Å²) in [6.07, 6.45) is 6.05. The molecule has 0 N–H and O–H groups in total. The van der Waals surface area contributed by atoms with Crippen molar-refractivity contribution >= 4 is 17.7 Å². The van der Waals surface area contributed by atoms with Crippen molar-refractivity contribution in [1.82, 2.24) is 9.80 Å². The van der Waals surface area contributed by atoms with E-state index in [9.17, 15) is 4.79 Å². The molecule has 3 fully saturated rings. The van der Waals surface area contributed by atoms with Crippen molar-refractivity contribution in [3.8, 4) is 5.75 Å². The van der Waals surface area contributed by atoms with Gasteiger partial charge >= 0.3 is 0 Å². The van der Waals surface area contributed by atoms with Crippen LogP contribution in [0.4, 0.5) is 0 Å². The lowest BCUT2D eigenvalue weighted by Gasteiger charge is -2.35. The summed E-state index contributed by atoms with van der Waals surface area (Å²) in [5.74, 6) is 3.61. The maximum absolute atomic E-state index is 12.5. The first-order chi connectivity index (χ1) is 12.3. The highest BCUT2D eigenvalue weighted by atomic mass is 32.2. The number of amides is 1. The van der Waals surface area contributed by atoms with Crippen LogP contribution in [0, 0.1) is 0 Å². The van der Waals surface area contributed by atoms with Crippen molar-refractivity contribution in [3.05, 3.63) is 29.8 Å². The Morgan fingerprint density at radius 3 is 2.60 bits per heavy atom. The third-order valence-electron chi connectivity index (χ3n) is 5.68. The van der Waals surface area contributed by atoms with Crippen molar-refractivity contribution in [2.75, 3.05) is 37.7 Å². The van der Waals surface area contributed by atoms with E-state index in [1.54, 1.807) is 0 Å². The van der Waals surface area contributed by atoms with Crippen LogP contribution in [0.25, 0.3) is 0 Å². The summed E-state index contributed by atoms with van der Waals surface area (Å²) >= 11 is 2.09. The second-order valence-electron chi connectivity index (χ2n) is 7.40. The second kappa shape index (κ2) is 8.00. The molecule has 3 aliphatic rings. The second-order valence-corrected chi connectivity index (χ2v) is 8.55. The topological polar surface area (TPSA) is 32.8 Å². The Hall–Kier alpha value is -1.20. The van der Waals surface area contributed by atoms with Crippen molar-refractivity contribution in [2.24, 2.45) is 0 Å². The number of piperidine rings is 1. The van der Waals surface area contributed by atoms with Crippen LogP contribution < -0.4 is 4.74 Å². The molecular formula is C20H28N2O2S. The molecule has 4 nitrogen and oxygen atoms in total. The minimum atomic E-state index is 0.150. The van der Waals surface area contributed by atoms with E-state index in [0.29, 0.717) is 0 Å². The van der Waals surface area contributed by atoms with Gasteiger partial charge in [-0.25, -0.2) is 0 Å². The molecule has 0 saturated carbocycles. The van der Waals surface area contributed by atoms with Gasteiger partial charge in [0, 0.05) is 43.5 Å². The average Bonchev–Trinajstić information content (AvgIpc) is 3.36. The van der Waals surface area contributed by atoms with Gasteiger partial charge in [-0.1, -0.05) is 6.07 Å². The van der Waals surface area contributed by atoms with Crippen LogP contribution >= 0.6 is 11.8 Å². The minimum Gasteiger partial charge on any atom is -0.490 e. The monoisotopic (exact) mass is 360 g/mol. The van der Waals surface area contributed by atoms with Gasteiger partial charge in [-0.15, -0.1) is 0 Å². The van der Waals surface area contributed by atoms with Gasteiger partial charge in [-0.05, 0) is 56.1 Å². The first kappa shape index (κ1) is 17.2. The van der Waals surface area contributed by atoms with E-state index >= 15 is 0 Å². The SMILES string of the molecule is O=C(c1cccc(OC2CCN(C3CCSC3)CC2)c1)N1CCCC1. The molecule has 1 unspecified atom stereocenters. The maximum Gasteiger partial charge on any atom is 0.253 e. The number of thioether (sulfide) groups is 1. The van der Waals surface area contributed by atoms with Crippen molar-refractivity contribution in [2.45, 2.75) is 44.2 Å². The fraction of sp³-hybridized carbons (Fsp3) is 0.650. The number of hydrogen-bond acceptors (Lipinski definition) is 4. The number of ether oxygens (including phenoxy) is 1. The van der Waals surface area contributed by atoms with Crippen LogP contribution in [-0.2, 0) is 0 Å². The Morgan fingerprint density at radius 1 is 1.08 bits per heavy atom. The lowest BCUT2D eigenvalue weighted by molar-refractivity contribution is 0.0778. The van der Waals surface area contributed by atoms with E-state index in [2.05, 4.69) is 16.7 Å². The molecule has 0 radical (unpaired) electrons. The summed E-state index contributed by atoms with van der Waals surface area (Å²) in [5.41, 5.74) is 0.764. The Balaban J connectivity index is 1.32. The highest BCUT2D eigenvalue weighted by Gasteiger charge is 2.28. The fourth-order valence-corrected chi connectivity index (χ4v) is 5.42. The smallest absolute Gasteiger partial charge is 0.253 e. The van der Waals surface area contributed by atoms with Crippen LogP contribution in [0.15, 0.2) is 24.3 Å². The molecule has 1 aromatic rings. The lowest BCUT2D eigenvalue weighted by Crippen LogP contribution is -2.44. The lowest BCUT2D eigenvalue weighted by atomic mass is 10.0. The van der Waals surface area contributed by atoms with E-state index in [-0.39, 0.29) is 12.0 Å². The summed E-state index contributed by atoms with van der Waals surface area (Å²) in [5, 5.41) is 0. The van der Waals surface area contributed by atoms with Crippen molar-refractivity contribution in [1.29, 1.82) is 0 Å². The predicted octanol–water partition coefficient (Wildman–Crippen LogP) is 3.27. The molecule has 0 aromatic heterocycles. The van der Waals surface area contributed by atoms with Crippen LogP contribution in [-0.4, -0.2) is 65.5 Å². The number of carbonyl (C=O) groups excluding carboxylic acids is 1. The molecule has 3 aliphatic heterocycles. The number of carbonyl (C=O) groups is 1. The van der Waals surface area contributed by atoms with E-state index in [1.165, 1.54) is 17.9 Å². The zero-order valence-electron chi connectivity index (χ0n) is 14.9. The molecule has 5 heteroatoms. The number of likely N-dealkylation sites (tertiary alicyclic amines) is 2. The quantitative estimate of drug-likeness (QED) is 0.825. The first-order valence-electron chi connectivity index (χ1n) is 9.67. The van der Waals surface area contributed by atoms with Crippen LogP contribution in [0.1, 0.15) is 42.5 Å². The summed E-state index contributed by atoms with van der Waals surface area (Å²) in [4.78, 5) is 17.1. The Bertz CT molecular complexity index is 589. The summed E-state index contributed by atoms with van der Waals surface area (Å²) < 4.78 is 6.22. The number of hydrogen-bond donors (Lipinski definition) is 0. The summed E-state index contributed by atoms with van der Waals surface area (Å²) in [7, 11) is 0. The van der Waals surface area contributed by atoms with Gasteiger partial charge in [0.2, 0.25) is 0 Å². The van der Waals surface area contributed by atoms with Gasteiger partial charge in [-0.2, -0.15) is 11.8 Å². The molecule has 0 spiro atoms. The molecule has 0 bridgehead atoms. The van der Waals surface area contributed by atoms with Gasteiger partial charge in [0.1, 0.15) is 11.9 Å². The van der Waals surface area contributed by atoms with Gasteiger partial charge in [0.15, 0.2) is 0 Å². The standard InChI is InChI=1S/C20H28N2O2S/c23-20(22-9-1-2-10-22)16-4-3-5-19(14-16)24-18-6-11-21(12-7-18)17-8-13-25-15-17/h3-5,14,17-18H,1-2,6-13,15H2.